The summed E-state index contributed by atoms with van der Waals surface area (Å²) in [5, 5.41) is 25.4. The van der Waals surface area contributed by atoms with Crippen LogP contribution in [0, 0.1) is 0 Å². The molecule has 1 aliphatic rings. The molecule has 1 aliphatic heterocycles. The molecule has 10 N–H and O–H groups in total. The molecular weight excluding hydrogens is 651 g/mol. The van der Waals surface area contributed by atoms with Gasteiger partial charge in [0.15, 0.2) is 0 Å². The molecule has 1 aromatic heterocycles. The molecular formula is C29H49N9O7S2. The molecule has 0 spiro atoms. The summed E-state index contributed by atoms with van der Waals surface area (Å²) in [7, 11) is 0. The van der Waals surface area contributed by atoms with Crippen LogP contribution in [0.3, 0.4) is 0 Å². The number of carbonyl (C=O) groups excluding carboxylic acids is 5. The Morgan fingerprint density at radius 1 is 0.894 bits per heavy atom. The Balaban J connectivity index is 2.21. The van der Waals surface area contributed by atoms with Crippen molar-refractivity contribution in [1.82, 2.24) is 41.9 Å². The predicted octanol–water partition coefficient (Wildman–Crippen LogP) is -1.52. The van der Waals surface area contributed by atoms with Crippen LogP contribution in [0.1, 0.15) is 50.6 Å². The van der Waals surface area contributed by atoms with Crippen LogP contribution >= 0.6 is 23.5 Å². The third-order valence-electron chi connectivity index (χ3n) is 7.47. The van der Waals surface area contributed by atoms with E-state index in [0.29, 0.717) is 49.6 Å². The Bertz CT molecular complexity index is 1150. The second-order valence-electron chi connectivity index (χ2n) is 11.1. The normalized spacial score (nSPS) is 16.7. The minimum atomic E-state index is -1.22. The lowest BCUT2D eigenvalue weighted by Crippen LogP contribution is -2.59. The molecule has 1 fully saturated rings. The number of aromatic amines is 1. The molecule has 1 aromatic rings. The number of thioether (sulfide) groups is 2. The molecule has 18 heteroatoms. The van der Waals surface area contributed by atoms with Gasteiger partial charge in [0, 0.05) is 18.3 Å². The molecule has 2 heterocycles. The number of amides is 5. The molecule has 5 amide bonds. The average molecular weight is 700 g/mol. The van der Waals surface area contributed by atoms with Crippen LogP contribution in [0.2, 0.25) is 0 Å². The van der Waals surface area contributed by atoms with Crippen LogP contribution in [0.4, 0.5) is 0 Å². The standard InChI is InChI=1S/C29H49N9O7S2/c1-46-12-8-21(25(41)33-16-24(39)40)36-28(44)22(9-13-47-2)37-27(43)20(6-3-4-10-30)35-29(45)23(14-18-15-31-17-34-18)38-26(42)19-7-5-11-32-19/h15,17,19-23,32H,3-14,16,30H2,1-2H3,(H,31,34)(H,33,41)(H,35,45)(H,36,44)(H,37,43)(H,38,42)(H,39,40). The fourth-order valence-corrected chi connectivity index (χ4v) is 5.82. The first-order valence-electron chi connectivity index (χ1n) is 15.7. The van der Waals surface area contributed by atoms with Gasteiger partial charge in [0.1, 0.15) is 30.7 Å². The van der Waals surface area contributed by atoms with Gasteiger partial charge in [-0.1, -0.05) is 0 Å². The van der Waals surface area contributed by atoms with E-state index in [9.17, 15) is 28.8 Å². The molecule has 0 saturated carbocycles. The summed E-state index contributed by atoms with van der Waals surface area (Å²) in [6.07, 6.45) is 10.1. The van der Waals surface area contributed by atoms with Crippen molar-refractivity contribution in [2.75, 3.05) is 43.7 Å². The zero-order valence-electron chi connectivity index (χ0n) is 27.0. The number of nitrogens with zero attached hydrogens (tertiary/aromatic N) is 1. The number of hydrogen-bond acceptors (Lipinski definition) is 11. The first-order chi connectivity index (χ1) is 22.6. The van der Waals surface area contributed by atoms with Crippen molar-refractivity contribution in [3.63, 3.8) is 0 Å². The third kappa shape index (κ3) is 15.0. The average Bonchev–Trinajstić information content (AvgIpc) is 3.78. The van der Waals surface area contributed by atoms with Crippen LogP contribution in [-0.4, -0.2) is 124 Å². The van der Waals surface area contributed by atoms with Crippen molar-refractivity contribution in [1.29, 1.82) is 0 Å². The highest BCUT2D eigenvalue weighted by Gasteiger charge is 2.32. The van der Waals surface area contributed by atoms with E-state index in [1.165, 1.54) is 29.9 Å². The van der Waals surface area contributed by atoms with Crippen LogP contribution in [-0.2, 0) is 35.2 Å². The Labute approximate surface area is 283 Å². The van der Waals surface area contributed by atoms with Gasteiger partial charge in [-0.2, -0.15) is 23.5 Å². The summed E-state index contributed by atoms with van der Waals surface area (Å²) >= 11 is 2.93. The highest BCUT2D eigenvalue weighted by atomic mass is 32.2. The molecule has 0 bridgehead atoms. The van der Waals surface area contributed by atoms with Gasteiger partial charge in [-0.25, -0.2) is 4.98 Å². The number of nitrogens with one attached hydrogen (secondary N) is 7. The van der Waals surface area contributed by atoms with Gasteiger partial charge in [-0.15, -0.1) is 0 Å². The molecule has 47 heavy (non-hydrogen) atoms. The molecule has 264 valence electrons. The summed E-state index contributed by atoms with van der Waals surface area (Å²) in [5.74, 6) is -2.93. The number of aliphatic carboxylic acids is 1. The topological polar surface area (TPSA) is 250 Å². The van der Waals surface area contributed by atoms with Gasteiger partial charge in [-0.3, -0.25) is 28.8 Å². The van der Waals surface area contributed by atoms with Crippen LogP contribution in [0.25, 0.3) is 0 Å². The Morgan fingerprint density at radius 2 is 1.49 bits per heavy atom. The van der Waals surface area contributed by atoms with E-state index in [1.807, 2.05) is 12.5 Å². The summed E-state index contributed by atoms with van der Waals surface area (Å²) < 4.78 is 0. The van der Waals surface area contributed by atoms with E-state index >= 15 is 0 Å². The maximum absolute atomic E-state index is 13.7. The van der Waals surface area contributed by atoms with E-state index in [0.717, 1.165) is 6.42 Å². The van der Waals surface area contributed by atoms with Gasteiger partial charge in [0.25, 0.3) is 0 Å². The second-order valence-corrected chi connectivity index (χ2v) is 13.1. The van der Waals surface area contributed by atoms with Crippen molar-refractivity contribution in [2.24, 2.45) is 5.73 Å². The lowest BCUT2D eigenvalue weighted by atomic mass is 10.0. The fourth-order valence-electron chi connectivity index (χ4n) is 4.88. The molecule has 0 aromatic carbocycles. The summed E-state index contributed by atoms with van der Waals surface area (Å²) in [5.41, 5.74) is 6.29. The summed E-state index contributed by atoms with van der Waals surface area (Å²) in [6.45, 7) is 0.491. The van der Waals surface area contributed by atoms with Gasteiger partial charge >= 0.3 is 5.97 Å². The largest absolute Gasteiger partial charge is 0.480 e. The molecule has 0 aliphatic carbocycles. The van der Waals surface area contributed by atoms with Crippen molar-refractivity contribution < 1.29 is 33.9 Å². The van der Waals surface area contributed by atoms with Gasteiger partial charge in [0.05, 0.1) is 12.4 Å². The SMILES string of the molecule is CSCCC(NC(=O)C(CCSC)NC(=O)C(CCCCN)NC(=O)C(Cc1cnc[nH]1)NC(=O)C1CCCN1)C(=O)NCC(=O)O. The molecule has 1 saturated heterocycles. The molecule has 16 nitrogen and oxygen atoms in total. The van der Waals surface area contributed by atoms with Crippen molar-refractivity contribution in [2.45, 2.75) is 81.6 Å². The molecule has 5 unspecified atom stereocenters. The molecule has 2 rings (SSSR count). The Hall–Kier alpha value is -3.35. The first-order valence-corrected chi connectivity index (χ1v) is 18.5. The summed E-state index contributed by atoms with van der Waals surface area (Å²) in [4.78, 5) is 84.2. The number of rotatable bonds is 23. The Morgan fingerprint density at radius 3 is 2.00 bits per heavy atom. The monoisotopic (exact) mass is 699 g/mol. The lowest BCUT2D eigenvalue weighted by Gasteiger charge is -2.27. The first kappa shape index (κ1) is 39.8. The van der Waals surface area contributed by atoms with Gasteiger partial charge < -0.3 is 47.7 Å². The maximum atomic E-state index is 13.7. The number of nitrogens with two attached hydrogens (primary N) is 1. The van der Waals surface area contributed by atoms with Gasteiger partial charge in [-0.05, 0) is 82.1 Å². The lowest BCUT2D eigenvalue weighted by molar-refractivity contribution is -0.138. The number of H-pyrrole nitrogens is 1. The second kappa shape index (κ2) is 22.3. The smallest absolute Gasteiger partial charge is 0.322 e. The van der Waals surface area contributed by atoms with E-state index in [2.05, 4.69) is 41.9 Å². The highest BCUT2D eigenvalue weighted by molar-refractivity contribution is 7.98. The van der Waals surface area contributed by atoms with Crippen molar-refractivity contribution in [3.8, 4) is 0 Å². The van der Waals surface area contributed by atoms with Crippen LogP contribution < -0.4 is 37.6 Å². The number of aromatic nitrogens is 2. The van der Waals surface area contributed by atoms with Crippen molar-refractivity contribution >= 4 is 59.0 Å². The van der Waals surface area contributed by atoms with E-state index in [-0.39, 0.29) is 31.6 Å². The zero-order valence-corrected chi connectivity index (χ0v) is 28.6. The van der Waals surface area contributed by atoms with Crippen LogP contribution in [0.5, 0.6) is 0 Å². The predicted molar refractivity (Wildman–Crippen MR) is 181 cm³/mol. The quantitative estimate of drug-likeness (QED) is 0.0591. The van der Waals surface area contributed by atoms with E-state index in [4.69, 9.17) is 10.8 Å². The third-order valence-corrected chi connectivity index (χ3v) is 8.76. The van der Waals surface area contributed by atoms with E-state index < -0.39 is 66.4 Å². The number of unbranched alkanes of at least 4 members (excludes halogenated alkanes) is 1. The van der Waals surface area contributed by atoms with Gasteiger partial charge in [0.2, 0.25) is 29.5 Å². The number of carboxylic acid groups (broad SMARTS) is 1. The highest BCUT2D eigenvalue weighted by Crippen LogP contribution is 2.10. The van der Waals surface area contributed by atoms with E-state index in [1.54, 1.807) is 6.20 Å². The molecule has 0 radical (unpaired) electrons. The number of hydrogen-bond donors (Lipinski definition) is 9. The van der Waals surface area contributed by atoms with Crippen molar-refractivity contribution in [3.05, 3.63) is 18.2 Å². The number of imidazole rings is 1. The summed E-state index contributed by atoms with van der Waals surface area (Å²) in [6, 6.07) is -4.52. The molecule has 5 atom stereocenters. The number of carbonyl (C=O) groups is 6. The fraction of sp³-hybridized carbons (Fsp3) is 0.690. The maximum Gasteiger partial charge on any atom is 0.322 e. The zero-order chi connectivity index (χ0) is 34.6. The minimum Gasteiger partial charge on any atom is -0.480 e. The number of carboxylic acids is 1. The Kier molecular flexibility index (Phi) is 18.9. The van der Waals surface area contributed by atoms with Crippen LogP contribution in [0.15, 0.2) is 12.5 Å². The minimum absolute atomic E-state index is 0.113.